The number of hydrogen-bond acceptors (Lipinski definition) is 20. The van der Waals surface area contributed by atoms with Crippen LogP contribution in [0.2, 0.25) is 10.6 Å². The Morgan fingerprint density at radius 3 is 1.46 bits per heavy atom. The lowest BCUT2D eigenvalue weighted by molar-refractivity contribution is -0.0384. The molecule has 54 heavy (non-hydrogen) atoms. The summed E-state index contributed by atoms with van der Waals surface area (Å²) in [6.45, 7) is 5.60. The van der Waals surface area contributed by atoms with Crippen LogP contribution in [-0.4, -0.2) is 137 Å². The highest BCUT2D eigenvalue weighted by Crippen LogP contribution is 2.40. The lowest BCUT2D eigenvalue weighted by atomic mass is 10.1. The predicted octanol–water partition coefficient (Wildman–Crippen LogP) is -0.426. The molecule has 8 atom stereocenters. The zero-order valence-electron chi connectivity index (χ0n) is 28.5. The number of nitrogens with one attached hydrogen (secondary N) is 2. The van der Waals surface area contributed by atoms with Crippen LogP contribution in [-0.2, 0) is 22.6 Å². The van der Waals surface area contributed by atoms with Crippen molar-refractivity contribution in [2.45, 2.75) is 88.9 Å². The zero-order valence-corrected chi connectivity index (χ0v) is 30.0. The first-order valence-electron chi connectivity index (χ1n) is 17.0. The van der Waals surface area contributed by atoms with Gasteiger partial charge in [0.05, 0.1) is 25.7 Å². The van der Waals surface area contributed by atoms with E-state index in [1.807, 2.05) is 13.8 Å². The predicted molar refractivity (Wildman–Crippen MR) is 184 cm³/mol. The van der Waals surface area contributed by atoms with Crippen LogP contribution in [0.1, 0.15) is 63.0 Å². The van der Waals surface area contributed by atoms with E-state index in [0.717, 1.165) is 0 Å². The van der Waals surface area contributed by atoms with Gasteiger partial charge in [-0.2, -0.15) is 29.5 Å². The molecule has 2 saturated heterocycles. The van der Waals surface area contributed by atoms with Crippen molar-refractivity contribution in [3.05, 3.63) is 34.9 Å². The van der Waals surface area contributed by atoms with Crippen molar-refractivity contribution >= 4 is 57.2 Å². The molecule has 6 aromatic heterocycles. The van der Waals surface area contributed by atoms with Crippen molar-refractivity contribution < 1.29 is 29.9 Å². The smallest absolute Gasteiger partial charge is 0.226 e. The molecule has 2 aliphatic rings. The SMILES string of the molecule is CCn1nnc([C@H]2O[C@@H](n3cnc4c(NCCCCNc5nc(Cl)nc6c5ncn6[C@@H]5O[C@H](c6nnn(CC)n6)[C@@H](O)[C@H]5O)nc(Cl)nc43)[C@H](O)[C@@H]2O)n1. The summed E-state index contributed by atoms with van der Waals surface area (Å²) in [5.74, 6) is 1.03. The molecule has 26 heteroatoms. The number of anilines is 2. The van der Waals surface area contributed by atoms with Crippen LogP contribution < -0.4 is 10.6 Å². The summed E-state index contributed by atoms with van der Waals surface area (Å²) in [5, 5.41) is 73.7. The summed E-state index contributed by atoms with van der Waals surface area (Å²) < 4.78 is 14.9. The highest BCUT2D eigenvalue weighted by atomic mass is 35.5. The average Bonchev–Trinajstić information content (AvgIpc) is 4.02. The summed E-state index contributed by atoms with van der Waals surface area (Å²) in [7, 11) is 0. The van der Waals surface area contributed by atoms with Gasteiger partial charge in [-0.3, -0.25) is 9.13 Å². The second-order valence-electron chi connectivity index (χ2n) is 12.4. The lowest BCUT2D eigenvalue weighted by Crippen LogP contribution is -2.29. The van der Waals surface area contributed by atoms with E-state index < -0.39 is 49.1 Å². The number of nitrogens with zero attached hydrogens (tertiary/aromatic N) is 16. The van der Waals surface area contributed by atoms with Gasteiger partial charge >= 0.3 is 0 Å². The quantitative estimate of drug-likeness (QED) is 0.0639. The van der Waals surface area contributed by atoms with Crippen molar-refractivity contribution in [2.75, 3.05) is 23.7 Å². The van der Waals surface area contributed by atoms with Crippen LogP contribution in [0, 0.1) is 0 Å². The topological polar surface area (TPSA) is 298 Å². The maximum Gasteiger partial charge on any atom is 0.226 e. The van der Waals surface area contributed by atoms with Crippen LogP contribution in [0.5, 0.6) is 0 Å². The monoisotopic (exact) mass is 788 g/mol. The number of halogens is 2. The lowest BCUT2D eigenvalue weighted by Gasteiger charge is -2.16. The van der Waals surface area contributed by atoms with E-state index in [9.17, 15) is 20.4 Å². The number of aryl methyl sites for hydroxylation is 2. The minimum absolute atomic E-state index is 0.0591. The Kier molecular flexibility index (Phi) is 9.90. The van der Waals surface area contributed by atoms with Gasteiger partial charge in [-0.15, -0.1) is 20.4 Å². The first kappa shape index (κ1) is 36.2. The number of fused-ring (bicyclic) bond motifs is 2. The van der Waals surface area contributed by atoms with Gasteiger partial charge < -0.3 is 40.5 Å². The average molecular weight is 790 g/mol. The summed E-state index contributed by atoms with van der Waals surface area (Å²) in [5.41, 5.74) is 1.33. The molecule has 24 nitrogen and oxygen atoms in total. The third-order valence-electron chi connectivity index (χ3n) is 9.01. The van der Waals surface area contributed by atoms with Crippen LogP contribution >= 0.6 is 23.2 Å². The second-order valence-corrected chi connectivity index (χ2v) is 13.1. The van der Waals surface area contributed by atoms with E-state index in [1.165, 1.54) is 31.4 Å². The fourth-order valence-corrected chi connectivity index (χ4v) is 6.60. The van der Waals surface area contributed by atoms with Crippen molar-refractivity contribution in [3.8, 4) is 0 Å². The van der Waals surface area contributed by atoms with Crippen molar-refractivity contribution in [3.63, 3.8) is 0 Å². The van der Waals surface area contributed by atoms with Gasteiger partial charge in [-0.05, 0) is 60.3 Å². The summed E-state index contributed by atoms with van der Waals surface area (Å²) in [6, 6.07) is 0. The standard InChI is InChI=1S/C28H34Cl2N18O6/c1-3-47-41-21(39-43-47)17-13(49)15(51)25(53-17)45-9-33-11-19(35-27(29)37-23(11)45)31-7-5-6-8-32-20-12-24(38-28(30)36-20)46(10-34-12)26-16(52)14(50)18(54-26)22-40-44-48(4-2)42-22/h9-10,13-18,25-26,49-52H,3-8H2,1-2H3,(H,31,35,37)(H,32,36,38)/t13-,14-,15+,16+,17-,18-,25+,26+/m0/s1. The summed E-state index contributed by atoms with van der Waals surface area (Å²) in [6.07, 6.45) is -5.32. The molecule has 0 amide bonds. The van der Waals surface area contributed by atoms with Gasteiger partial charge in [-0.1, -0.05) is 0 Å². The molecule has 0 aromatic carbocycles. The van der Waals surface area contributed by atoms with Gasteiger partial charge in [0.15, 0.2) is 58.6 Å². The molecular formula is C28H34Cl2N18O6. The van der Waals surface area contributed by atoms with E-state index >= 15 is 0 Å². The Bertz CT molecular complexity index is 2110. The molecule has 0 bridgehead atoms. The van der Waals surface area contributed by atoms with Crippen LogP contribution in [0.3, 0.4) is 0 Å². The normalized spacial score (nSPS) is 25.7. The third-order valence-corrected chi connectivity index (χ3v) is 9.35. The number of unbranched alkanes of at least 4 members (excludes halogenated alkanes) is 1. The molecule has 6 N–H and O–H groups in total. The van der Waals surface area contributed by atoms with Crippen LogP contribution in [0.15, 0.2) is 12.7 Å². The van der Waals surface area contributed by atoms with Gasteiger partial charge in [-0.25, -0.2) is 9.97 Å². The Hall–Kier alpha value is -4.82. The summed E-state index contributed by atoms with van der Waals surface area (Å²) in [4.78, 5) is 28.8. The van der Waals surface area contributed by atoms with Gasteiger partial charge in [0, 0.05) is 13.1 Å². The summed E-state index contributed by atoms with van der Waals surface area (Å²) >= 11 is 12.6. The first-order valence-corrected chi connectivity index (χ1v) is 17.8. The Balaban J connectivity index is 0.893. The molecule has 0 radical (unpaired) electrons. The molecule has 0 spiro atoms. The Labute approximate surface area is 313 Å². The molecule has 0 saturated carbocycles. The molecule has 0 aliphatic carbocycles. The molecule has 6 aromatic rings. The van der Waals surface area contributed by atoms with E-state index in [-0.39, 0.29) is 33.5 Å². The van der Waals surface area contributed by atoms with E-state index in [0.29, 0.717) is 61.7 Å². The van der Waals surface area contributed by atoms with E-state index in [1.54, 1.807) is 0 Å². The first-order chi connectivity index (χ1) is 26.1. The minimum atomic E-state index is -1.35. The van der Waals surface area contributed by atoms with E-state index in [2.05, 4.69) is 71.4 Å². The van der Waals surface area contributed by atoms with Crippen molar-refractivity contribution in [2.24, 2.45) is 0 Å². The maximum atomic E-state index is 10.9. The Morgan fingerprint density at radius 2 is 1.07 bits per heavy atom. The number of ether oxygens (including phenoxy) is 2. The molecule has 0 unspecified atom stereocenters. The molecule has 286 valence electrons. The van der Waals surface area contributed by atoms with Crippen molar-refractivity contribution in [1.82, 2.24) is 79.5 Å². The highest BCUT2D eigenvalue weighted by Gasteiger charge is 2.48. The zero-order chi connectivity index (χ0) is 37.7. The maximum absolute atomic E-state index is 10.9. The van der Waals surface area contributed by atoms with Gasteiger partial charge in [0.2, 0.25) is 22.2 Å². The molecular weight excluding hydrogens is 755 g/mol. The number of rotatable bonds is 13. The van der Waals surface area contributed by atoms with E-state index in [4.69, 9.17) is 32.7 Å². The fraction of sp³-hybridized carbons (Fsp3) is 0.571. The molecule has 8 heterocycles. The molecule has 8 rings (SSSR count). The number of aromatic nitrogens is 16. The number of hydrogen-bond donors (Lipinski definition) is 6. The van der Waals surface area contributed by atoms with Gasteiger partial charge in [0.25, 0.3) is 0 Å². The fourth-order valence-electron chi connectivity index (χ4n) is 6.27. The van der Waals surface area contributed by atoms with Crippen LogP contribution in [0.25, 0.3) is 22.3 Å². The highest BCUT2D eigenvalue weighted by molar-refractivity contribution is 6.29. The molecule has 2 fully saturated rings. The third kappa shape index (κ3) is 6.52. The van der Waals surface area contributed by atoms with Gasteiger partial charge in [0.1, 0.15) is 24.4 Å². The Morgan fingerprint density at radius 1 is 0.648 bits per heavy atom. The number of tetrazole rings is 2. The second kappa shape index (κ2) is 14.8. The minimum Gasteiger partial charge on any atom is -0.387 e. The number of aliphatic hydroxyl groups excluding tert-OH is 4. The number of imidazole rings is 2. The number of aliphatic hydroxyl groups is 4. The van der Waals surface area contributed by atoms with Crippen molar-refractivity contribution in [1.29, 1.82) is 0 Å². The molecule has 2 aliphatic heterocycles. The van der Waals surface area contributed by atoms with Crippen LogP contribution in [0.4, 0.5) is 11.6 Å². The largest absolute Gasteiger partial charge is 0.387 e.